The van der Waals surface area contributed by atoms with Crippen molar-refractivity contribution < 1.29 is 75.7 Å². The van der Waals surface area contributed by atoms with Crippen molar-refractivity contribution >= 4 is 39.8 Å². The van der Waals surface area contributed by atoms with Crippen LogP contribution in [-0.2, 0) is 42.6 Å². The lowest BCUT2D eigenvalue weighted by Gasteiger charge is -2.23. The maximum atomic E-state index is 13.6. The van der Waals surface area contributed by atoms with Gasteiger partial charge in [0.25, 0.3) is 5.82 Å². The van der Waals surface area contributed by atoms with E-state index in [2.05, 4.69) is 9.82 Å². The van der Waals surface area contributed by atoms with Crippen molar-refractivity contribution in [3.63, 3.8) is 0 Å². The molecule has 1 saturated heterocycles. The van der Waals surface area contributed by atoms with Crippen LogP contribution in [0.1, 0.15) is 60.4 Å². The highest BCUT2D eigenvalue weighted by Crippen LogP contribution is 2.55. The molecule has 2 aliphatic rings. The van der Waals surface area contributed by atoms with E-state index in [9.17, 15) is 66.4 Å². The zero-order valence-corrected chi connectivity index (χ0v) is 38.5. The van der Waals surface area contributed by atoms with Crippen LogP contribution in [0.15, 0.2) is 125 Å². The summed E-state index contributed by atoms with van der Waals surface area (Å²) in [6, 6.07) is 29.7. The number of benzene rings is 5. The van der Waals surface area contributed by atoms with Crippen LogP contribution in [0.3, 0.4) is 0 Å². The van der Waals surface area contributed by atoms with E-state index in [1.807, 2.05) is 44.2 Å². The summed E-state index contributed by atoms with van der Waals surface area (Å²) in [6.45, 7) is 7.50. The van der Waals surface area contributed by atoms with Gasteiger partial charge in [0.05, 0.1) is 34.3 Å². The topological polar surface area (TPSA) is 159 Å². The standard InChI is InChI=1S/C17H19NO4S.C17H17NO3S.C11H7F5N3.BF3.FH/c1-12-8-10-15(11-9-12)23(21,22)18-16(13(2)17(19)20)14-6-4-3-5-7-14;1-13-8-10-15(11-9-13)22(20,21)18-16(17(18,2)12-19)14-6-4-3-5-7-14;12-6-7(13)9(15)11(10(16)8(6)14)19-4-18-3-1-2-5(18)17-19;2-1(3)4;/h3-11,13,16,18H,1-2H3,(H,19,20);3-12,16H,1-2H3;4H,1-3H2;;1H/q;;+1;;/p-1/t13-,16+;16?,17-,18?;;;/m11.../s1. The van der Waals surface area contributed by atoms with Gasteiger partial charge in [0, 0.05) is 11.5 Å². The predicted molar refractivity (Wildman–Crippen MR) is 232 cm³/mol. The second-order valence-corrected chi connectivity index (χ2v) is 19.2. The molecule has 368 valence electrons. The molecule has 0 radical (unpaired) electrons. The first-order chi connectivity index (χ1) is 32.0. The third-order valence-electron chi connectivity index (χ3n) is 10.8. The average Bonchev–Trinajstić information content (AvgIpc) is 3.49. The highest BCUT2D eigenvalue weighted by atomic mass is 32.2. The maximum Gasteiger partial charge on any atom is 0.762 e. The van der Waals surface area contributed by atoms with E-state index < -0.39 is 91.9 Å². The van der Waals surface area contributed by atoms with Crippen molar-refractivity contribution in [3.05, 3.63) is 173 Å². The van der Waals surface area contributed by atoms with E-state index in [-0.39, 0.29) is 14.5 Å². The Morgan fingerprint density at radius 3 is 1.72 bits per heavy atom. The summed E-state index contributed by atoms with van der Waals surface area (Å²) in [7, 11) is -11.2. The van der Waals surface area contributed by atoms with E-state index in [4.69, 9.17) is 0 Å². The van der Waals surface area contributed by atoms with E-state index in [0.717, 1.165) is 29.4 Å². The Balaban J connectivity index is 0.000000216. The van der Waals surface area contributed by atoms with Crippen LogP contribution in [0.4, 0.5) is 34.9 Å². The van der Waals surface area contributed by atoms with Gasteiger partial charge in [-0.25, -0.2) is 39.3 Å². The highest BCUT2D eigenvalue weighted by molar-refractivity contribution is 7.89. The lowest BCUT2D eigenvalue weighted by molar-refractivity contribution is -0.691. The van der Waals surface area contributed by atoms with Crippen LogP contribution in [-0.4, -0.2) is 61.4 Å². The molecule has 24 heteroatoms. The van der Waals surface area contributed by atoms with Gasteiger partial charge in [-0.05, 0) is 62.6 Å². The molecule has 1 fully saturated rings. The number of hydrogen-bond donors (Lipinski definition) is 2. The molecule has 2 aliphatic heterocycles. The minimum absolute atomic E-state index is 0. The second kappa shape index (κ2) is 22.8. The maximum absolute atomic E-state index is 13.6. The molecule has 0 spiro atoms. The Hall–Kier alpha value is -6.37. The first kappa shape index (κ1) is 55.2. The zero-order chi connectivity index (χ0) is 50.3. The van der Waals surface area contributed by atoms with Crippen molar-refractivity contribution in [3.8, 4) is 5.69 Å². The summed E-state index contributed by atoms with van der Waals surface area (Å²) < 4.78 is 152. The van der Waals surface area contributed by atoms with Crippen molar-refractivity contribution in [1.29, 1.82) is 0 Å². The van der Waals surface area contributed by atoms with Crippen LogP contribution in [0.25, 0.3) is 5.69 Å². The molecular weight excluding hydrogens is 968 g/mol. The minimum Gasteiger partial charge on any atom is -1.00 e. The number of aldehydes is 1. The van der Waals surface area contributed by atoms with Crippen LogP contribution in [0.2, 0.25) is 0 Å². The molecule has 3 heterocycles. The van der Waals surface area contributed by atoms with Gasteiger partial charge in [0.1, 0.15) is 11.8 Å². The van der Waals surface area contributed by atoms with Crippen molar-refractivity contribution in [2.75, 3.05) is 0 Å². The van der Waals surface area contributed by atoms with E-state index >= 15 is 0 Å². The zero-order valence-electron chi connectivity index (χ0n) is 36.9. The number of carboxylic acids is 1. The molecule has 12 nitrogen and oxygen atoms in total. The van der Waals surface area contributed by atoms with Gasteiger partial charge in [-0.1, -0.05) is 108 Å². The van der Waals surface area contributed by atoms with Crippen LogP contribution in [0.5, 0.6) is 0 Å². The summed E-state index contributed by atoms with van der Waals surface area (Å²) in [5, 5.41) is 13.1. The van der Waals surface area contributed by atoms with Gasteiger partial charge in [-0.2, -0.15) is 13.1 Å². The number of aliphatic carboxylic acids is 1. The molecule has 0 amide bonds. The van der Waals surface area contributed by atoms with Gasteiger partial charge >= 0.3 is 13.5 Å². The Bertz CT molecular complexity index is 2910. The summed E-state index contributed by atoms with van der Waals surface area (Å²) in [4.78, 5) is 23.2. The molecule has 5 atom stereocenters. The fourth-order valence-corrected chi connectivity index (χ4v) is 10.4. The molecular formula is C45H43BF9N5O7S2. The summed E-state index contributed by atoms with van der Waals surface area (Å²) >= 11 is 0. The molecule has 0 aliphatic carbocycles. The van der Waals surface area contributed by atoms with Gasteiger partial charge in [0.2, 0.25) is 61.1 Å². The summed E-state index contributed by atoms with van der Waals surface area (Å²) in [6.07, 6.45) is 3.37. The van der Waals surface area contributed by atoms with Gasteiger partial charge in [0.15, 0.2) is 0 Å². The van der Waals surface area contributed by atoms with Gasteiger partial charge in [-0.15, -0.1) is 0 Å². The van der Waals surface area contributed by atoms with Crippen LogP contribution >= 0.6 is 0 Å². The average molecular weight is 1010 g/mol. The molecule has 6 aromatic rings. The fourth-order valence-electron chi connectivity index (χ4n) is 7.13. The number of aryl methyl sites for hydroxylation is 4. The monoisotopic (exact) mass is 1010 g/mol. The third-order valence-corrected chi connectivity index (χ3v) is 14.3. The van der Waals surface area contributed by atoms with Crippen LogP contribution in [0, 0.1) is 48.9 Å². The van der Waals surface area contributed by atoms with E-state index in [1.54, 1.807) is 78.2 Å². The Kier molecular flexibility index (Phi) is 18.3. The smallest absolute Gasteiger partial charge is 0.762 e. The van der Waals surface area contributed by atoms with Gasteiger partial charge in [-0.3, -0.25) is 17.7 Å². The number of fused-ring (bicyclic) bond motifs is 1. The molecule has 69 heavy (non-hydrogen) atoms. The third kappa shape index (κ3) is 12.6. The molecule has 5 aromatic carbocycles. The molecule has 0 saturated carbocycles. The Morgan fingerprint density at radius 1 is 0.797 bits per heavy atom. The molecule has 0 bridgehead atoms. The number of nitrogens with zero attached hydrogens (tertiary/aromatic N) is 4. The Labute approximate surface area is 391 Å². The molecule has 1 aromatic heterocycles. The SMILES string of the molecule is Cc1ccc(S(=O)(=O)N2C(c3ccccc3)[C@@]2(C)C=O)cc1.Cc1ccc(S(=O)(=O)N[C@H](c2ccccc2)[C@@H](C)C(=O)O)cc1.FB(F)F.Fc1c(F)c(F)c(-n2c[n+]3c(n2)CCC3)c(F)c1F.[F-]. The lowest BCUT2D eigenvalue weighted by atomic mass is 9.96. The molecule has 2 unspecified atom stereocenters. The van der Waals surface area contributed by atoms with Crippen molar-refractivity contribution in [2.45, 2.75) is 74.5 Å². The lowest BCUT2D eigenvalue weighted by Crippen LogP contribution is -3.00. The van der Waals surface area contributed by atoms with Crippen molar-refractivity contribution in [1.82, 2.24) is 18.8 Å². The number of halogens is 9. The molecule has 2 N–H and O–H groups in total. The number of carbonyl (C=O) groups is 2. The summed E-state index contributed by atoms with van der Waals surface area (Å²) in [5.41, 5.74) is 1.29. The normalized spacial score (nSPS) is 17.7. The Morgan fingerprint density at radius 2 is 1.26 bits per heavy atom. The van der Waals surface area contributed by atoms with Gasteiger partial charge < -0.3 is 14.6 Å². The number of aromatic nitrogens is 3. The largest absolute Gasteiger partial charge is 1.00 e. The molecule has 8 rings (SSSR count). The first-order valence-electron chi connectivity index (χ1n) is 20.4. The number of nitrogens with one attached hydrogen (secondary N) is 1. The number of carboxylic acid groups (broad SMARTS) is 1. The number of hydrogen-bond acceptors (Lipinski definition) is 7. The van der Waals surface area contributed by atoms with E-state index in [0.29, 0.717) is 29.0 Å². The van der Waals surface area contributed by atoms with Crippen molar-refractivity contribution in [2.24, 2.45) is 5.92 Å². The summed E-state index contributed by atoms with van der Waals surface area (Å²) in [5.74, 6) is -11.3. The highest BCUT2D eigenvalue weighted by Gasteiger charge is 2.66. The number of sulfonamides is 2. The second-order valence-electron chi connectivity index (χ2n) is 15.7. The predicted octanol–water partition coefficient (Wildman–Crippen LogP) is 5.12. The minimum atomic E-state index is -3.82. The van der Waals surface area contributed by atoms with Crippen LogP contribution < -0.4 is 14.0 Å². The number of carbonyl (C=O) groups excluding carboxylic acids is 1. The first-order valence-corrected chi connectivity index (χ1v) is 23.3. The van der Waals surface area contributed by atoms with E-state index in [1.165, 1.54) is 29.7 Å². The quantitative estimate of drug-likeness (QED) is 0.0345. The number of rotatable bonds is 11. The fraction of sp³-hybridized carbons (Fsp3) is 0.244.